The second-order valence-corrected chi connectivity index (χ2v) is 7.94. The summed E-state index contributed by atoms with van der Waals surface area (Å²) in [6.07, 6.45) is 9.14. The molecule has 0 bridgehead atoms. The number of hydrogen-bond donors (Lipinski definition) is 0. The number of rotatable bonds is 13. The number of carbonyl (C=O) groups excluding carboxylic acids is 1. The molecule has 0 N–H and O–H groups in total. The normalized spacial score (nSPS) is 11.6. The molecule has 0 atom stereocenters. The first-order chi connectivity index (χ1) is 16.3. The third kappa shape index (κ3) is 8.15. The average Bonchev–Trinajstić information content (AvgIpc) is 2.87. The Hall–Kier alpha value is -3.53. The summed E-state index contributed by atoms with van der Waals surface area (Å²) < 4.78 is 5.83. The quantitative estimate of drug-likeness (QED) is 0.123. The van der Waals surface area contributed by atoms with Gasteiger partial charge in [-0.15, -0.1) is 5.10 Å². The fourth-order valence-electron chi connectivity index (χ4n) is 3.43. The molecule has 0 spiro atoms. The fraction of sp³-hybridized carbons (Fsp3) is 0.276. The minimum atomic E-state index is -0.155. The molecule has 0 radical (unpaired) electrons. The Labute approximate surface area is 197 Å². The van der Waals surface area contributed by atoms with Gasteiger partial charge in [-0.2, -0.15) is 5.10 Å². The van der Waals surface area contributed by atoms with E-state index in [1.54, 1.807) is 18.3 Å². The van der Waals surface area contributed by atoms with E-state index in [-0.39, 0.29) is 5.78 Å². The SMILES string of the molecule is CCCCCCCCOc1ccc(/C=N/N=C(/C(=O)c2ccccc2)c2ccccc2)cc1. The topological polar surface area (TPSA) is 51.0 Å². The molecule has 0 aromatic heterocycles. The number of hydrogen-bond acceptors (Lipinski definition) is 4. The van der Waals surface area contributed by atoms with Gasteiger partial charge in [-0.05, 0) is 36.2 Å². The highest BCUT2D eigenvalue weighted by atomic mass is 16.5. The van der Waals surface area contributed by atoms with E-state index in [1.165, 1.54) is 32.1 Å². The summed E-state index contributed by atoms with van der Waals surface area (Å²) in [5.41, 5.74) is 2.53. The molecule has 0 saturated heterocycles. The Balaban J connectivity index is 1.60. The number of ether oxygens (including phenoxy) is 1. The van der Waals surface area contributed by atoms with Gasteiger partial charge in [0.05, 0.1) is 12.8 Å². The number of Topliss-reactive ketones (excluding diaryl/α,β-unsaturated/α-hetero) is 1. The average molecular weight is 441 g/mol. The second-order valence-electron chi connectivity index (χ2n) is 7.94. The number of benzene rings is 3. The zero-order chi connectivity index (χ0) is 23.1. The van der Waals surface area contributed by atoms with Crippen LogP contribution in [-0.4, -0.2) is 24.3 Å². The van der Waals surface area contributed by atoms with Gasteiger partial charge < -0.3 is 4.74 Å². The van der Waals surface area contributed by atoms with E-state index in [0.29, 0.717) is 11.3 Å². The van der Waals surface area contributed by atoms with Gasteiger partial charge in [0.1, 0.15) is 11.5 Å². The Morgan fingerprint density at radius 3 is 2.03 bits per heavy atom. The van der Waals surface area contributed by atoms with E-state index < -0.39 is 0 Å². The molecule has 0 aliphatic rings. The molecular weight excluding hydrogens is 408 g/mol. The van der Waals surface area contributed by atoms with Gasteiger partial charge in [0.25, 0.3) is 0 Å². The number of carbonyl (C=O) groups is 1. The van der Waals surface area contributed by atoms with Crippen LogP contribution in [0.25, 0.3) is 0 Å². The van der Waals surface area contributed by atoms with Crippen LogP contribution in [0.5, 0.6) is 5.75 Å². The maximum absolute atomic E-state index is 13.0. The molecule has 3 rings (SSSR count). The lowest BCUT2D eigenvalue weighted by molar-refractivity contribution is 0.106. The van der Waals surface area contributed by atoms with Crippen molar-refractivity contribution in [2.45, 2.75) is 45.4 Å². The van der Waals surface area contributed by atoms with Gasteiger partial charge in [0.2, 0.25) is 5.78 Å². The molecule has 0 aliphatic heterocycles. The predicted molar refractivity (Wildman–Crippen MR) is 137 cm³/mol. The van der Waals surface area contributed by atoms with E-state index in [0.717, 1.165) is 29.9 Å². The van der Waals surface area contributed by atoms with Crippen LogP contribution in [0.3, 0.4) is 0 Å². The van der Waals surface area contributed by atoms with Crippen LogP contribution < -0.4 is 4.74 Å². The van der Waals surface area contributed by atoms with Crippen molar-refractivity contribution in [1.82, 2.24) is 0 Å². The maximum atomic E-state index is 13.0. The minimum Gasteiger partial charge on any atom is -0.494 e. The number of unbranched alkanes of at least 4 members (excludes halogenated alkanes) is 5. The van der Waals surface area contributed by atoms with Crippen LogP contribution in [0.2, 0.25) is 0 Å². The van der Waals surface area contributed by atoms with Gasteiger partial charge >= 0.3 is 0 Å². The molecule has 3 aromatic rings. The summed E-state index contributed by atoms with van der Waals surface area (Å²) in [5, 5.41) is 8.49. The first-order valence-electron chi connectivity index (χ1n) is 11.8. The second kappa shape index (κ2) is 13.8. The molecule has 170 valence electrons. The maximum Gasteiger partial charge on any atom is 0.213 e. The van der Waals surface area contributed by atoms with Crippen molar-refractivity contribution < 1.29 is 9.53 Å². The van der Waals surface area contributed by atoms with E-state index in [2.05, 4.69) is 17.1 Å². The highest BCUT2D eigenvalue weighted by Gasteiger charge is 2.15. The molecule has 0 amide bonds. The third-order valence-electron chi connectivity index (χ3n) is 5.31. The Morgan fingerprint density at radius 1 is 0.758 bits per heavy atom. The first-order valence-corrected chi connectivity index (χ1v) is 11.8. The van der Waals surface area contributed by atoms with E-state index in [1.807, 2.05) is 72.8 Å². The summed E-state index contributed by atoms with van der Waals surface area (Å²) in [5.74, 6) is 0.700. The largest absolute Gasteiger partial charge is 0.494 e. The van der Waals surface area contributed by atoms with Crippen LogP contribution in [0, 0.1) is 0 Å². The van der Waals surface area contributed by atoms with Crippen LogP contribution in [0.1, 0.15) is 66.9 Å². The highest BCUT2D eigenvalue weighted by molar-refractivity contribution is 6.51. The summed E-state index contributed by atoms with van der Waals surface area (Å²) in [6, 6.07) is 26.3. The zero-order valence-corrected chi connectivity index (χ0v) is 19.3. The van der Waals surface area contributed by atoms with Gasteiger partial charge in [-0.3, -0.25) is 4.79 Å². The summed E-state index contributed by atoms with van der Waals surface area (Å²) >= 11 is 0. The van der Waals surface area contributed by atoms with Crippen molar-refractivity contribution in [2.24, 2.45) is 10.2 Å². The minimum absolute atomic E-state index is 0.155. The van der Waals surface area contributed by atoms with Crippen molar-refractivity contribution in [2.75, 3.05) is 6.61 Å². The van der Waals surface area contributed by atoms with Gasteiger partial charge in [-0.1, -0.05) is 99.7 Å². The predicted octanol–water partition coefficient (Wildman–Crippen LogP) is 7.13. The number of ketones is 1. The molecule has 0 unspecified atom stereocenters. The standard InChI is InChI=1S/C29H32N2O2/c1-2-3-4-5-6-13-22-33-27-20-18-24(19-21-27)23-30-31-28(25-14-9-7-10-15-25)29(32)26-16-11-8-12-17-26/h7-12,14-21,23H,2-6,13,22H2,1H3/b30-23+,31-28+. The van der Waals surface area contributed by atoms with Crippen LogP contribution >= 0.6 is 0 Å². The molecule has 0 saturated carbocycles. The van der Waals surface area contributed by atoms with Gasteiger partial charge in [0, 0.05) is 11.1 Å². The molecule has 4 heteroatoms. The first kappa shape index (κ1) is 24.1. The van der Waals surface area contributed by atoms with E-state index in [4.69, 9.17) is 4.74 Å². The van der Waals surface area contributed by atoms with Gasteiger partial charge in [0.15, 0.2) is 0 Å². The van der Waals surface area contributed by atoms with Crippen LogP contribution in [0.4, 0.5) is 0 Å². The molecule has 0 heterocycles. The lowest BCUT2D eigenvalue weighted by atomic mass is 10.0. The Bertz CT molecular complexity index is 1030. The molecular formula is C29H32N2O2. The summed E-state index contributed by atoms with van der Waals surface area (Å²) in [7, 11) is 0. The lowest BCUT2D eigenvalue weighted by Gasteiger charge is -2.06. The van der Waals surface area contributed by atoms with Crippen molar-refractivity contribution in [3.63, 3.8) is 0 Å². The molecule has 33 heavy (non-hydrogen) atoms. The third-order valence-corrected chi connectivity index (χ3v) is 5.31. The smallest absolute Gasteiger partial charge is 0.213 e. The molecule has 3 aromatic carbocycles. The van der Waals surface area contributed by atoms with Gasteiger partial charge in [-0.25, -0.2) is 0 Å². The van der Waals surface area contributed by atoms with Crippen molar-refractivity contribution >= 4 is 17.7 Å². The summed E-state index contributed by atoms with van der Waals surface area (Å²) in [6.45, 7) is 2.97. The van der Waals surface area contributed by atoms with Crippen molar-refractivity contribution in [3.05, 3.63) is 102 Å². The van der Waals surface area contributed by atoms with E-state index in [9.17, 15) is 4.79 Å². The lowest BCUT2D eigenvalue weighted by Crippen LogP contribution is -2.15. The van der Waals surface area contributed by atoms with Crippen molar-refractivity contribution in [3.8, 4) is 5.75 Å². The Morgan fingerprint density at radius 2 is 1.36 bits per heavy atom. The van der Waals surface area contributed by atoms with E-state index >= 15 is 0 Å². The fourth-order valence-corrected chi connectivity index (χ4v) is 3.43. The monoisotopic (exact) mass is 440 g/mol. The molecule has 0 fully saturated rings. The van der Waals surface area contributed by atoms with Crippen LogP contribution in [0.15, 0.2) is 95.1 Å². The number of nitrogens with zero attached hydrogens (tertiary/aromatic N) is 2. The van der Waals surface area contributed by atoms with Crippen molar-refractivity contribution in [1.29, 1.82) is 0 Å². The Kier molecular flexibility index (Phi) is 10.1. The molecule has 4 nitrogen and oxygen atoms in total. The zero-order valence-electron chi connectivity index (χ0n) is 19.3. The highest BCUT2D eigenvalue weighted by Crippen LogP contribution is 2.13. The molecule has 0 aliphatic carbocycles. The van der Waals surface area contributed by atoms with Crippen LogP contribution in [-0.2, 0) is 0 Å². The summed E-state index contributed by atoms with van der Waals surface area (Å²) in [4.78, 5) is 13.0.